The van der Waals surface area contributed by atoms with Gasteiger partial charge in [0.2, 0.25) is 0 Å². The van der Waals surface area contributed by atoms with Crippen LogP contribution in [0.25, 0.3) is 0 Å². The fourth-order valence-corrected chi connectivity index (χ4v) is 1.56. The van der Waals surface area contributed by atoms with Crippen LogP contribution in [0.15, 0.2) is 24.3 Å². The molecule has 0 aliphatic rings. The summed E-state index contributed by atoms with van der Waals surface area (Å²) in [6.45, 7) is 4.94. The standard InChI is InChI=1S/C15H23NO4/c1-2-7-20-15(17)14-5-3-4-13(11-14)12-19-10-9-18-8-6-16/h3-5,11H,2,6-10,12,16H2,1H3. The highest BCUT2D eigenvalue weighted by atomic mass is 16.5. The number of carbonyl (C=O) groups is 1. The van der Waals surface area contributed by atoms with Gasteiger partial charge in [0, 0.05) is 6.54 Å². The lowest BCUT2D eigenvalue weighted by Gasteiger charge is -2.07. The number of hydrogen-bond acceptors (Lipinski definition) is 5. The molecule has 0 saturated heterocycles. The van der Waals surface area contributed by atoms with Gasteiger partial charge in [-0.2, -0.15) is 0 Å². The Bertz CT molecular complexity index is 395. The molecule has 0 bridgehead atoms. The smallest absolute Gasteiger partial charge is 0.338 e. The van der Waals surface area contributed by atoms with Crippen molar-refractivity contribution in [3.05, 3.63) is 35.4 Å². The average Bonchev–Trinajstić information content (AvgIpc) is 2.48. The zero-order valence-corrected chi connectivity index (χ0v) is 12.0. The van der Waals surface area contributed by atoms with Crippen LogP contribution in [0, 0.1) is 0 Å². The molecule has 0 heterocycles. The summed E-state index contributed by atoms with van der Waals surface area (Å²) >= 11 is 0. The van der Waals surface area contributed by atoms with E-state index in [1.165, 1.54) is 0 Å². The van der Waals surface area contributed by atoms with E-state index in [0.717, 1.165) is 12.0 Å². The molecule has 0 amide bonds. The molecule has 5 heteroatoms. The first-order valence-corrected chi connectivity index (χ1v) is 6.89. The van der Waals surface area contributed by atoms with Gasteiger partial charge in [-0.1, -0.05) is 19.1 Å². The second-order valence-electron chi connectivity index (χ2n) is 4.29. The summed E-state index contributed by atoms with van der Waals surface area (Å²) in [4.78, 5) is 11.7. The predicted octanol–water partition coefficient (Wildman–Crippen LogP) is 1.75. The Morgan fingerprint density at radius 1 is 1.15 bits per heavy atom. The van der Waals surface area contributed by atoms with Crippen LogP contribution in [0.5, 0.6) is 0 Å². The number of nitrogens with two attached hydrogens (primary N) is 1. The van der Waals surface area contributed by atoms with Crippen LogP contribution in [0.3, 0.4) is 0 Å². The number of benzene rings is 1. The van der Waals surface area contributed by atoms with E-state index >= 15 is 0 Å². The Morgan fingerprint density at radius 3 is 2.70 bits per heavy atom. The van der Waals surface area contributed by atoms with E-state index in [9.17, 15) is 4.79 Å². The third kappa shape index (κ3) is 6.65. The lowest BCUT2D eigenvalue weighted by molar-refractivity contribution is 0.0431. The summed E-state index contributed by atoms with van der Waals surface area (Å²) in [5.41, 5.74) is 6.80. The van der Waals surface area contributed by atoms with Gasteiger partial charge in [0.05, 0.1) is 38.6 Å². The largest absolute Gasteiger partial charge is 0.462 e. The average molecular weight is 281 g/mol. The molecule has 0 unspecified atom stereocenters. The fourth-order valence-electron chi connectivity index (χ4n) is 1.56. The molecule has 1 aromatic rings. The molecule has 5 nitrogen and oxygen atoms in total. The van der Waals surface area contributed by atoms with E-state index < -0.39 is 0 Å². The first-order valence-electron chi connectivity index (χ1n) is 6.89. The van der Waals surface area contributed by atoms with E-state index in [1.54, 1.807) is 12.1 Å². The van der Waals surface area contributed by atoms with Gasteiger partial charge >= 0.3 is 5.97 Å². The maximum absolute atomic E-state index is 11.7. The van der Waals surface area contributed by atoms with Gasteiger partial charge in [0.15, 0.2) is 0 Å². The van der Waals surface area contributed by atoms with Crippen molar-refractivity contribution in [1.29, 1.82) is 0 Å². The van der Waals surface area contributed by atoms with Crippen molar-refractivity contribution in [1.82, 2.24) is 0 Å². The molecule has 0 aliphatic heterocycles. The fraction of sp³-hybridized carbons (Fsp3) is 0.533. The molecule has 112 valence electrons. The van der Waals surface area contributed by atoms with Gasteiger partial charge in [0.25, 0.3) is 0 Å². The Kier molecular flexibility index (Phi) is 8.62. The SMILES string of the molecule is CCCOC(=O)c1cccc(COCCOCCN)c1. The number of rotatable bonds is 10. The first-order chi connectivity index (χ1) is 9.77. The lowest BCUT2D eigenvalue weighted by Crippen LogP contribution is -2.12. The first kappa shape index (κ1) is 16.6. The van der Waals surface area contributed by atoms with Crippen LogP contribution in [-0.2, 0) is 20.8 Å². The van der Waals surface area contributed by atoms with Crippen LogP contribution in [-0.4, -0.2) is 38.9 Å². The Morgan fingerprint density at radius 2 is 1.95 bits per heavy atom. The van der Waals surface area contributed by atoms with Gasteiger partial charge in [0.1, 0.15) is 0 Å². The van der Waals surface area contributed by atoms with Crippen LogP contribution >= 0.6 is 0 Å². The van der Waals surface area contributed by atoms with Crippen LogP contribution in [0.1, 0.15) is 29.3 Å². The van der Waals surface area contributed by atoms with Crippen molar-refractivity contribution in [3.63, 3.8) is 0 Å². The van der Waals surface area contributed by atoms with Gasteiger partial charge < -0.3 is 19.9 Å². The molecule has 0 atom stereocenters. The van der Waals surface area contributed by atoms with E-state index in [4.69, 9.17) is 19.9 Å². The zero-order chi connectivity index (χ0) is 14.6. The van der Waals surface area contributed by atoms with Crippen molar-refractivity contribution in [2.24, 2.45) is 5.73 Å². The van der Waals surface area contributed by atoms with Crippen LogP contribution in [0.2, 0.25) is 0 Å². The molecule has 0 spiro atoms. The van der Waals surface area contributed by atoms with Crippen molar-refractivity contribution in [2.75, 3.05) is 33.0 Å². The molecule has 2 N–H and O–H groups in total. The van der Waals surface area contributed by atoms with Crippen LogP contribution in [0.4, 0.5) is 0 Å². The van der Waals surface area contributed by atoms with E-state index in [0.29, 0.717) is 45.1 Å². The third-order valence-corrected chi connectivity index (χ3v) is 2.50. The summed E-state index contributed by atoms with van der Waals surface area (Å²) in [6, 6.07) is 7.27. The van der Waals surface area contributed by atoms with Crippen molar-refractivity contribution in [3.8, 4) is 0 Å². The molecule has 0 saturated carbocycles. The van der Waals surface area contributed by atoms with Gasteiger partial charge in [-0.05, 0) is 24.1 Å². The van der Waals surface area contributed by atoms with Gasteiger partial charge in [-0.15, -0.1) is 0 Å². The number of esters is 1. The van der Waals surface area contributed by atoms with E-state index in [-0.39, 0.29) is 5.97 Å². The highest BCUT2D eigenvalue weighted by molar-refractivity contribution is 5.89. The molecular weight excluding hydrogens is 258 g/mol. The normalized spacial score (nSPS) is 10.5. The summed E-state index contributed by atoms with van der Waals surface area (Å²) in [5, 5.41) is 0. The zero-order valence-electron chi connectivity index (χ0n) is 12.0. The molecule has 0 aromatic heterocycles. The summed E-state index contributed by atoms with van der Waals surface area (Å²) in [5.74, 6) is -0.292. The third-order valence-electron chi connectivity index (χ3n) is 2.50. The van der Waals surface area contributed by atoms with E-state index in [1.807, 2.05) is 19.1 Å². The number of carbonyl (C=O) groups excluding carboxylic acids is 1. The van der Waals surface area contributed by atoms with Crippen LogP contribution < -0.4 is 5.73 Å². The maximum atomic E-state index is 11.7. The van der Waals surface area contributed by atoms with E-state index in [2.05, 4.69) is 0 Å². The summed E-state index contributed by atoms with van der Waals surface area (Å²) in [6.07, 6.45) is 0.817. The Hall–Kier alpha value is -1.43. The quantitative estimate of drug-likeness (QED) is 0.522. The monoisotopic (exact) mass is 281 g/mol. The van der Waals surface area contributed by atoms with Crippen molar-refractivity contribution >= 4 is 5.97 Å². The second kappa shape index (κ2) is 10.4. The minimum atomic E-state index is -0.292. The topological polar surface area (TPSA) is 70.8 Å². The molecular formula is C15H23NO4. The molecule has 0 radical (unpaired) electrons. The van der Waals surface area contributed by atoms with Crippen molar-refractivity contribution in [2.45, 2.75) is 20.0 Å². The highest BCUT2D eigenvalue weighted by Gasteiger charge is 2.07. The minimum absolute atomic E-state index is 0.292. The predicted molar refractivity (Wildman–Crippen MR) is 76.5 cm³/mol. The molecule has 20 heavy (non-hydrogen) atoms. The van der Waals surface area contributed by atoms with Crippen molar-refractivity contribution < 1.29 is 19.0 Å². The molecule has 1 aromatic carbocycles. The second-order valence-corrected chi connectivity index (χ2v) is 4.29. The Balaban J connectivity index is 2.34. The lowest BCUT2D eigenvalue weighted by atomic mass is 10.1. The Labute approximate surface area is 120 Å². The molecule has 1 rings (SSSR count). The minimum Gasteiger partial charge on any atom is -0.462 e. The summed E-state index contributed by atoms with van der Waals surface area (Å²) in [7, 11) is 0. The maximum Gasteiger partial charge on any atom is 0.338 e. The summed E-state index contributed by atoms with van der Waals surface area (Å²) < 4.78 is 15.8. The van der Waals surface area contributed by atoms with Gasteiger partial charge in [-0.3, -0.25) is 0 Å². The van der Waals surface area contributed by atoms with Gasteiger partial charge in [-0.25, -0.2) is 4.79 Å². The molecule has 0 aliphatic carbocycles. The molecule has 0 fully saturated rings. The number of ether oxygens (including phenoxy) is 3. The number of hydrogen-bond donors (Lipinski definition) is 1. The highest BCUT2D eigenvalue weighted by Crippen LogP contribution is 2.08.